The molecule has 6 nitrogen and oxygen atoms in total. The SMILES string of the molecule is CCCCCCCCCCCCCCCCCCN(C)C(=S)NC(=O)C[C@@H]1C[C@H](C(=O)NC(=S)N(C)CCCCCCCCCCCCCCCCCC)C1(C)C. The molecule has 1 fully saturated rings. The molecule has 57 heavy (non-hydrogen) atoms. The van der Waals surface area contributed by atoms with Crippen molar-refractivity contribution in [3.05, 3.63) is 0 Å². The number of nitrogens with zero attached hydrogens (tertiary/aromatic N) is 2. The van der Waals surface area contributed by atoms with Crippen LogP contribution in [0.4, 0.5) is 0 Å². The largest absolute Gasteiger partial charge is 0.352 e. The third-order valence-corrected chi connectivity index (χ3v) is 13.9. The Bertz CT molecular complexity index is 1040. The summed E-state index contributed by atoms with van der Waals surface area (Å²) in [5.41, 5.74) is -0.273. The number of carbonyl (C=O) groups excluding carboxylic acids is 2. The molecule has 0 aromatic carbocycles. The topological polar surface area (TPSA) is 64.7 Å². The molecule has 0 bridgehead atoms. The smallest absolute Gasteiger partial charge is 0.229 e. The van der Waals surface area contributed by atoms with Gasteiger partial charge in [0.2, 0.25) is 11.8 Å². The Labute approximate surface area is 365 Å². The van der Waals surface area contributed by atoms with Crippen molar-refractivity contribution in [2.24, 2.45) is 17.3 Å². The van der Waals surface area contributed by atoms with Crippen LogP contribution in [0, 0.1) is 17.3 Å². The van der Waals surface area contributed by atoms with Gasteiger partial charge < -0.3 is 20.4 Å². The molecule has 334 valence electrons. The summed E-state index contributed by atoms with van der Waals surface area (Å²) < 4.78 is 0. The maximum atomic E-state index is 13.2. The molecule has 1 aliphatic carbocycles. The van der Waals surface area contributed by atoms with E-state index >= 15 is 0 Å². The van der Waals surface area contributed by atoms with Crippen LogP contribution in [-0.4, -0.2) is 59.0 Å². The van der Waals surface area contributed by atoms with E-state index in [1.807, 2.05) is 23.9 Å². The van der Waals surface area contributed by atoms with E-state index in [-0.39, 0.29) is 29.1 Å². The molecule has 1 saturated carbocycles. The number of thiocarbonyl (C=S) groups is 2. The van der Waals surface area contributed by atoms with Gasteiger partial charge in [-0.15, -0.1) is 0 Å². The minimum Gasteiger partial charge on any atom is -0.352 e. The van der Waals surface area contributed by atoms with Crippen LogP contribution in [0.3, 0.4) is 0 Å². The maximum Gasteiger partial charge on any atom is 0.229 e. The van der Waals surface area contributed by atoms with Crippen molar-refractivity contribution < 1.29 is 9.59 Å². The molecule has 0 spiro atoms. The van der Waals surface area contributed by atoms with Crippen molar-refractivity contribution in [1.82, 2.24) is 20.4 Å². The zero-order valence-electron chi connectivity index (χ0n) is 38.6. The Morgan fingerprint density at radius 1 is 0.491 bits per heavy atom. The maximum absolute atomic E-state index is 13.2. The summed E-state index contributed by atoms with van der Waals surface area (Å²) in [5, 5.41) is 6.98. The van der Waals surface area contributed by atoms with Crippen LogP contribution in [-0.2, 0) is 9.59 Å². The van der Waals surface area contributed by atoms with Crippen LogP contribution < -0.4 is 10.6 Å². The summed E-state index contributed by atoms with van der Waals surface area (Å²) >= 11 is 11.2. The second-order valence-electron chi connectivity index (χ2n) is 18.6. The summed E-state index contributed by atoms with van der Waals surface area (Å²) in [6.45, 7) is 10.5. The lowest BCUT2D eigenvalue weighted by Gasteiger charge is -2.51. The van der Waals surface area contributed by atoms with Gasteiger partial charge in [0.05, 0.1) is 0 Å². The lowest BCUT2D eigenvalue weighted by Crippen LogP contribution is -2.55. The molecule has 0 heterocycles. The van der Waals surface area contributed by atoms with E-state index < -0.39 is 0 Å². The number of hydrogen-bond donors (Lipinski definition) is 2. The van der Waals surface area contributed by atoms with Gasteiger partial charge in [-0.05, 0) is 55.0 Å². The van der Waals surface area contributed by atoms with Crippen molar-refractivity contribution in [3.63, 3.8) is 0 Å². The molecule has 2 amide bonds. The Morgan fingerprint density at radius 2 is 0.772 bits per heavy atom. The normalized spacial score (nSPS) is 15.9. The number of hydrogen-bond acceptors (Lipinski definition) is 4. The van der Waals surface area contributed by atoms with Crippen molar-refractivity contribution >= 4 is 46.5 Å². The Kier molecular flexibility index (Phi) is 33.4. The lowest BCUT2D eigenvalue weighted by atomic mass is 9.53. The standard InChI is InChI=1S/C49H94N4O2S2/c1-7-9-11-13-15-17-19-21-23-25-27-29-31-33-35-37-39-52(5)47(56)50-45(54)42-43-41-44(49(43,3)4)46(55)51-48(57)53(6)40-38-36-34-32-30-28-26-24-22-20-18-16-14-12-10-8-2/h43-44H,7-42H2,1-6H3,(H,50,54,56)(H,51,55,57)/t43-,44+/m0/s1. The first-order valence-corrected chi connectivity index (χ1v) is 25.5. The highest BCUT2D eigenvalue weighted by Crippen LogP contribution is 2.53. The van der Waals surface area contributed by atoms with Crippen LogP contribution in [0.2, 0.25) is 0 Å². The number of rotatable bonds is 37. The van der Waals surface area contributed by atoms with Crippen molar-refractivity contribution in [3.8, 4) is 0 Å². The molecule has 0 radical (unpaired) electrons. The number of carbonyl (C=O) groups is 2. The molecule has 1 rings (SSSR count). The van der Waals surface area contributed by atoms with E-state index in [0.717, 1.165) is 25.9 Å². The van der Waals surface area contributed by atoms with Crippen molar-refractivity contribution in [2.45, 2.75) is 246 Å². The van der Waals surface area contributed by atoms with E-state index in [1.54, 1.807) is 0 Å². The minimum absolute atomic E-state index is 0.0189. The highest BCUT2D eigenvalue weighted by atomic mass is 32.1. The minimum atomic E-state index is -0.273. The van der Waals surface area contributed by atoms with E-state index in [9.17, 15) is 9.59 Å². The molecule has 2 atom stereocenters. The fourth-order valence-corrected chi connectivity index (χ4v) is 8.98. The Morgan fingerprint density at radius 3 is 1.07 bits per heavy atom. The van der Waals surface area contributed by atoms with E-state index in [0.29, 0.717) is 23.1 Å². The third kappa shape index (κ3) is 27.2. The molecule has 0 saturated heterocycles. The second-order valence-corrected chi connectivity index (χ2v) is 19.4. The average molecular weight is 835 g/mol. The van der Waals surface area contributed by atoms with E-state index in [4.69, 9.17) is 24.4 Å². The summed E-state index contributed by atoms with van der Waals surface area (Å²) in [5.74, 6) is -0.0841. The van der Waals surface area contributed by atoms with Gasteiger partial charge >= 0.3 is 0 Å². The van der Waals surface area contributed by atoms with Gasteiger partial charge in [0.25, 0.3) is 0 Å². The molecule has 0 aromatic heterocycles. The van der Waals surface area contributed by atoms with Gasteiger partial charge in [0.15, 0.2) is 10.2 Å². The first kappa shape index (κ1) is 53.7. The number of unbranched alkanes of at least 4 members (excludes halogenated alkanes) is 30. The van der Waals surface area contributed by atoms with Crippen LogP contribution in [0.5, 0.6) is 0 Å². The zero-order valence-corrected chi connectivity index (χ0v) is 40.3. The zero-order chi connectivity index (χ0) is 42.0. The van der Waals surface area contributed by atoms with Gasteiger partial charge in [-0.1, -0.05) is 220 Å². The van der Waals surface area contributed by atoms with Gasteiger partial charge in [-0.3, -0.25) is 9.59 Å². The fraction of sp³-hybridized carbons (Fsp3) is 0.918. The summed E-state index contributed by atoms with van der Waals surface area (Å²) in [7, 11) is 3.95. The molecule has 8 heteroatoms. The molecule has 2 N–H and O–H groups in total. The Hall–Kier alpha value is -1.28. The predicted molar refractivity (Wildman–Crippen MR) is 256 cm³/mol. The lowest BCUT2D eigenvalue weighted by molar-refractivity contribution is -0.143. The highest BCUT2D eigenvalue weighted by Gasteiger charge is 2.52. The molecule has 1 aliphatic rings. The molecular weight excluding hydrogens is 741 g/mol. The first-order chi connectivity index (χ1) is 27.5. The molecule has 0 aliphatic heterocycles. The summed E-state index contributed by atoms with van der Waals surface area (Å²) in [4.78, 5) is 30.2. The fourth-order valence-electron chi connectivity index (χ4n) is 8.58. The van der Waals surface area contributed by atoms with Gasteiger partial charge in [-0.2, -0.15) is 0 Å². The predicted octanol–water partition coefficient (Wildman–Crippen LogP) is 14.2. The molecular formula is C49H94N4O2S2. The average Bonchev–Trinajstić information content (AvgIpc) is 3.18. The summed E-state index contributed by atoms with van der Waals surface area (Å²) in [6.07, 6.45) is 44.5. The number of nitrogens with one attached hydrogen (secondary N) is 2. The van der Waals surface area contributed by atoms with E-state index in [1.165, 1.54) is 193 Å². The Balaban J connectivity index is 2.07. The van der Waals surface area contributed by atoms with Gasteiger partial charge in [0.1, 0.15) is 0 Å². The van der Waals surface area contributed by atoms with Crippen LogP contribution in [0.25, 0.3) is 0 Å². The van der Waals surface area contributed by atoms with Gasteiger partial charge in [-0.25, -0.2) is 0 Å². The first-order valence-electron chi connectivity index (χ1n) is 24.6. The van der Waals surface area contributed by atoms with Crippen LogP contribution in [0.15, 0.2) is 0 Å². The molecule has 0 unspecified atom stereocenters. The quantitative estimate of drug-likeness (QED) is 0.0480. The van der Waals surface area contributed by atoms with Crippen LogP contribution in [0.1, 0.15) is 246 Å². The van der Waals surface area contributed by atoms with Crippen LogP contribution >= 0.6 is 24.4 Å². The monoisotopic (exact) mass is 835 g/mol. The van der Waals surface area contributed by atoms with E-state index in [2.05, 4.69) is 38.3 Å². The van der Waals surface area contributed by atoms with Gasteiger partial charge in [0, 0.05) is 39.5 Å². The van der Waals surface area contributed by atoms with Crippen molar-refractivity contribution in [2.75, 3.05) is 27.2 Å². The second kappa shape index (κ2) is 35.5. The third-order valence-electron chi connectivity index (χ3n) is 13.1. The molecule has 0 aromatic rings. The highest BCUT2D eigenvalue weighted by molar-refractivity contribution is 7.80. The van der Waals surface area contributed by atoms with Crippen molar-refractivity contribution in [1.29, 1.82) is 0 Å². The summed E-state index contributed by atoms with van der Waals surface area (Å²) in [6, 6.07) is 0. The number of amides is 2.